The van der Waals surface area contributed by atoms with Crippen LogP contribution in [-0.4, -0.2) is 19.1 Å². The van der Waals surface area contributed by atoms with Crippen LogP contribution in [0.3, 0.4) is 0 Å². The maximum Gasteiger partial charge on any atom is 0.225 e. The average Bonchev–Trinajstić information content (AvgIpc) is 2.81. The van der Waals surface area contributed by atoms with Crippen LogP contribution in [-0.2, 0) is 15.6 Å². The average molecular weight is 472 g/mol. The van der Waals surface area contributed by atoms with Gasteiger partial charge in [-0.05, 0) is 45.2 Å². The Kier molecular flexibility index (Phi) is 6.93. The molecule has 0 radical (unpaired) electrons. The molecule has 1 aliphatic rings. The van der Waals surface area contributed by atoms with Gasteiger partial charge in [-0.3, -0.25) is 4.79 Å². The van der Waals surface area contributed by atoms with Gasteiger partial charge in [0.15, 0.2) is 11.5 Å². The molecule has 0 spiro atoms. The fourth-order valence-electron chi connectivity index (χ4n) is 4.38. The highest BCUT2D eigenvalue weighted by atomic mass is 16.6. The molecule has 0 fully saturated rings. The van der Waals surface area contributed by atoms with Crippen molar-refractivity contribution in [1.82, 2.24) is 0 Å². The standard InChI is InChI=1S/C31H37NO3/c1-30(2,3)23-11-7-21(8-12-23)26(22-9-13-24(14-10-22)31(4,5)6)20-29(33)32-25-15-16-27-28(19-25)35-18-17-34-27/h7-16,19,26H,17-18,20H2,1-6H3,(H,32,33). The summed E-state index contributed by atoms with van der Waals surface area (Å²) in [6.07, 6.45) is 0.345. The van der Waals surface area contributed by atoms with Crippen molar-refractivity contribution in [2.75, 3.05) is 18.5 Å². The molecule has 1 heterocycles. The zero-order valence-electron chi connectivity index (χ0n) is 21.8. The second-order valence-electron chi connectivity index (χ2n) is 11.4. The number of amides is 1. The van der Waals surface area contributed by atoms with Gasteiger partial charge in [0.05, 0.1) is 0 Å². The van der Waals surface area contributed by atoms with Gasteiger partial charge in [-0.25, -0.2) is 0 Å². The summed E-state index contributed by atoms with van der Waals surface area (Å²) in [5.74, 6) is 1.30. The van der Waals surface area contributed by atoms with E-state index in [0.29, 0.717) is 36.8 Å². The second kappa shape index (κ2) is 9.77. The minimum atomic E-state index is -0.0461. The number of rotatable bonds is 5. The summed E-state index contributed by atoms with van der Waals surface area (Å²) < 4.78 is 11.3. The third kappa shape index (κ3) is 6.05. The summed E-state index contributed by atoms with van der Waals surface area (Å²) in [7, 11) is 0. The first kappa shape index (κ1) is 24.8. The van der Waals surface area contributed by atoms with E-state index in [1.54, 1.807) is 0 Å². The predicted molar refractivity (Wildman–Crippen MR) is 143 cm³/mol. The number of carbonyl (C=O) groups excluding carboxylic acids is 1. The molecule has 0 unspecified atom stereocenters. The van der Waals surface area contributed by atoms with E-state index in [1.165, 1.54) is 11.1 Å². The van der Waals surface area contributed by atoms with Gasteiger partial charge >= 0.3 is 0 Å². The lowest BCUT2D eigenvalue weighted by Crippen LogP contribution is -2.18. The van der Waals surface area contributed by atoms with Crippen LogP contribution in [0.5, 0.6) is 11.5 Å². The molecule has 3 aromatic carbocycles. The molecule has 0 aromatic heterocycles. The van der Waals surface area contributed by atoms with Crippen LogP contribution < -0.4 is 14.8 Å². The smallest absolute Gasteiger partial charge is 0.225 e. The summed E-state index contributed by atoms with van der Waals surface area (Å²) in [5, 5.41) is 3.06. The van der Waals surface area contributed by atoms with E-state index in [4.69, 9.17) is 9.47 Å². The summed E-state index contributed by atoms with van der Waals surface area (Å²) in [6.45, 7) is 14.3. The van der Waals surface area contributed by atoms with E-state index in [-0.39, 0.29) is 22.7 Å². The monoisotopic (exact) mass is 471 g/mol. The Bertz CT molecular complexity index is 1110. The fraction of sp³-hybridized carbons (Fsp3) is 0.387. The van der Waals surface area contributed by atoms with Gasteiger partial charge in [0.25, 0.3) is 0 Å². The lowest BCUT2D eigenvalue weighted by atomic mass is 9.82. The third-order valence-corrected chi connectivity index (χ3v) is 6.57. The molecule has 0 aliphatic carbocycles. The van der Waals surface area contributed by atoms with Gasteiger partial charge in [0.2, 0.25) is 5.91 Å². The summed E-state index contributed by atoms with van der Waals surface area (Å²) >= 11 is 0. The highest BCUT2D eigenvalue weighted by Crippen LogP contribution is 2.35. The van der Waals surface area contributed by atoms with E-state index < -0.39 is 0 Å². The zero-order chi connectivity index (χ0) is 25.2. The van der Waals surface area contributed by atoms with Gasteiger partial charge in [0.1, 0.15) is 13.2 Å². The van der Waals surface area contributed by atoms with E-state index in [0.717, 1.165) is 11.1 Å². The van der Waals surface area contributed by atoms with Gasteiger partial charge < -0.3 is 14.8 Å². The maximum absolute atomic E-state index is 13.2. The number of anilines is 1. The summed E-state index contributed by atoms with van der Waals surface area (Å²) in [6, 6.07) is 22.9. The predicted octanol–water partition coefficient (Wildman–Crippen LogP) is 7.21. The van der Waals surface area contributed by atoms with Crippen LogP contribution in [0.15, 0.2) is 66.7 Å². The lowest BCUT2D eigenvalue weighted by Gasteiger charge is -2.24. The maximum atomic E-state index is 13.2. The molecule has 0 atom stereocenters. The van der Waals surface area contributed by atoms with Gasteiger partial charge in [-0.15, -0.1) is 0 Å². The molecular weight excluding hydrogens is 434 g/mol. The largest absolute Gasteiger partial charge is 0.486 e. The van der Waals surface area contributed by atoms with Gasteiger partial charge in [-0.1, -0.05) is 90.1 Å². The number of fused-ring (bicyclic) bond motifs is 1. The van der Waals surface area contributed by atoms with E-state index in [9.17, 15) is 4.79 Å². The number of hydrogen-bond donors (Lipinski definition) is 1. The Morgan fingerprint density at radius 1 is 0.743 bits per heavy atom. The van der Waals surface area contributed by atoms with Crippen molar-refractivity contribution in [3.8, 4) is 11.5 Å². The van der Waals surface area contributed by atoms with Gasteiger partial charge in [-0.2, -0.15) is 0 Å². The molecule has 4 heteroatoms. The molecule has 4 rings (SSSR count). The number of ether oxygens (including phenoxy) is 2. The Morgan fingerprint density at radius 3 is 1.71 bits per heavy atom. The highest BCUT2D eigenvalue weighted by molar-refractivity contribution is 5.92. The lowest BCUT2D eigenvalue weighted by molar-refractivity contribution is -0.116. The zero-order valence-corrected chi connectivity index (χ0v) is 21.8. The van der Waals surface area contributed by atoms with Crippen LogP contribution in [0.1, 0.15) is 76.1 Å². The molecule has 1 aliphatic heterocycles. The molecule has 3 aromatic rings. The minimum absolute atomic E-state index is 0.0357. The van der Waals surface area contributed by atoms with Gasteiger partial charge in [0, 0.05) is 24.1 Å². The van der Waals surface area contributed by atoms with Crippen molar-refractivity contribution >= 4 is 11.6 Å². The van der Waals surface area contributed by atoms with Crippen molar-refractivity contribution in [2.24, 2.45) is 0 Å². The van der Waals surface area contributed by atoms with Crippen molar-refractivity contribution in [2.45, 2.75) is 64.7 Å². The van der Waals surface area contributed by atoms with Crippen LogP contribution in [0.4, 0.5) is 5.69 Å². The van der Waals surface area contributed by atoms with Crippen molar-refractivity contribution in [1.29, 1.82) is 0 Å². The minimum Gasteiger partial charge on any atom is -0.486 e. The SMILES string of the molecule is CC(C)(C)c1ccc(C(CC(=O)Nc2ccc3c(c2)OCCO3)c2ccc(C(C)(C)C)cc2)cc1. The molecule has 1 amide bonds. The Hall–Kier alpha value is -3.27. The Labute approximate surface area is 209 Å². The van der Waals surface area contributed by atoms with Crippen LogP contribution in [0, 0.1) is 0 Å². The molecule has 1 N–H and O–H groups in total. The fourth-order valence-corrected chi connectivity index (χ4v) is 4.38. The quantitative estimate of drug-likeness (QED) is 0.427. The number of benzene rings is 3. The third-order valence-electron chi connectivity index (χ3n) is 6.57. The normalized spacial score (nSPS) is 13.6. The first-order valence-corrected chi connectivity index (χ1v) is 12.4. The van der Waals surface area contributed by atoms with E-state index in [1.807, 2.05) is 18.2 Å². The number of carbonyl (C=O) groups is 1. The Morgan fingerprint density at radius 2 is 1.23 bits per heavy atom. The van der Waals surface area contributed by atoms with Crippen LogP contribution >= 0.6 is 0 Å². The van der Waals surface area contributed by atoms with Crippen molar-refractivity contribution in [3.05, 3.63) is 89.0 Å². The molecule has 35 heavy (non-hydrogen) atoms. The molecule has 0 saturated carbocycles. The summed E-state index contributed by atoms with van der Waals surface area (Å²) in [5.41, 5.74) is 5.71. The van der Waals surface area contributed by atoms with Crippen molar-refractivity contribution < 1.29 is 14.3 Å². The van der Waals surface area contributed by atoms with Crippen molar-refractivity contribution in [3.63, 3.8) is 0 Å². The number of nitrogens with one attached hydrogen (secondary N) is 1. The Balaban J connectivity index is 1.59. The van der Waals surface area contributed by atoms with Crippen LogP contribution in [0.2, 0.25) is 0 Å². The molecule has 0 saturated heterocycles. The number of hydrogen-bond acceptors (Lipinski definition) is 3. The first-order chi connectivity index (χ1) is 16.5. The van der Waals surface area contributed by atoms with Crippen LogP contribution in [0.25, 0.3) is 0 Å². The molecule has 4 nitrogen and oxygen atoms in total. The topological polar surface area (TPSA) is 47.6 Å². The van der Waals surface area contributed by atoms with E-state index >= 15 is 0 Å². The van der Waals surface area contributed by atoms with E-state index in [2.05, 4.69) is 95.4 Å². The molecular formula is C31H37NO3. The second-order valence-corrected chi connectivity index (χ2v) is 11.4. The first-order valence-electron chi connectivity index (χ1n) is 12.4. The summed E-state index contributed by atoms with van der Waals surface area (Å²) in [4.78, 5) is 13.2. The molecule has 0 bridgehead atoms. The highest BCUT2D eigenvalue weighted by Gasteiger charge is 2.22. The molecule has 184 valence electrons.